The zero-order chi connectivity index (χ0) is 13.1. The molecule has 0 bridgehead atoms. The minimum atomic E-state index is 0.353. The molecule has 2 radical (unpaired) electrons. The fourth-order valence-corrected chi connectivity index (χ4v) is 1.96. The summed E-state index contributed by atoms with van der Waals surface area (Å²) in [4.78, 5) is 15.2. The number of carbonyl (C=O) groups excluding carboxylic acids is 1. The molecule has 0 spiro atoms. The van der Waals surface area contributed by atoms with Gasteiger partial charge < -0.3 is 9.30 Å². The molecular weight excluding hydrogens is 250 g/mol. The standard InChI is InChI=1S/C12H12BClN2O2/c1-2-18-4-3-16-11-5-8(13)9(14)6-10(11)15-12(16)7-17/h5-7H,2-4H2,1H3. The highest BCUT2D eigenvalue weighted by Gasteiger charge is 2.11. The number of fused-ring (bicyclic) bond motifs is 1. The first-order valence-electron chi connectivity index (χ1n) is 5.65. The van der Waals surface area contributed by atoms with Crippen LogP contribution in [0.1, 0.15) is 17.5 Å². The SMILES string of the molecule is [B]c1cc2c(cc1Cl)nc(C=O)n2CCOCC. The zero-order valence-corrected chi connectivity index (χ0v) is 10.8. The largest absolute Gasteiger partial charge is 0.380 e. The predicted octanol–water partition coefficient (Wildman–Crippen LogP) is 1.33. The van der Waals surface area contributed by atoms with Crippen LogP contribution in [-0.2, 0) is 11.3 Å². The van der Waals surface area contributed by atoms with Crippen LogP contribution in [0.4, 0.5) is 0 Å². The van der Waals surface area contributed by atoms with Gasteiger partial charge in [0.2, 0.25) is 0 Å². The van der Waals surface area contributed by atoms with E-state index in [9.17, 15) is 4.79 Å². The number of hydrogen-bond acceptors (Lipinski definition) is 3. The number of hydrogen-bond donors (Lipinski definition) is 0. The van der Waals surface area contributed by atoms with Gasteiger partial charge >= 0.3 is 0 Å². The Hall–Kier alpha value is -1.33. The van der Waals surface area contributed by atoms with E-state index in [0.29, 0.717) is 41.6 Å². The zero-order valence-electron chi connectivity index (χ0n) is 10.0. The van der Waals surface area contributed by atoms with Gasteiger partial charge in [-0.05, 0) is 19.1 Å². The number of imidazole rings is 1. The molecule has 6 heteroatoms. The van der Waals surface area contributed by atoms with Crippen LogP contribution < -0.4 is 5.46 Å². The highest BCUT2D eigenvalue weighted by Crippen LogP contribution is 2.18. The van der Waals surface area contributed by atoms with Crippen LogP contribution >= 0.6 is 11.6 Å². The van der Waals surface area contributed by atoms with Crippen LogP contribution in [0.3, 0.4) is 0 Å². The molecule has 92 valence electrons. The molecule has 18 heavy (non-hydrogen) atoms. The van der Waals surface area contributed by atoms with Crippen LogP contribution in [0.5, 0.6) is 0 Å². The van der Waals surface area contributed by atoms with Crippen molar-refractivity contribution in [2.24, 2.45) is 0 Å². The maximum absolute atomic E-state index is 11.0. The Morgan fingerprint density at radius 1 is 1.56 bits per heavy atom. The average molecular weight is 263 g/mol. The number of halogens is 1. The molecule has 0 saturated heterocycles. The number of aromatic nitrogens is 2. The van der Waals surface area contributed by atoms with Gasteiger partial charge in [-0.2, -0.15) is 0 Å². The molecule has 0 fully saturated rings. The van der Waals surface area contributed by atoms with Gasteiger partial charge in [-0.25, -0.2) is 4.98 Å². The number of benzene rings is 1. The van der Waals surface area contributed by atoms with Gasteiger partial charge in [0, 0.05) is 18.2 Å². The van der Waals surface area contributed by atoms with Crippen molar-refractivity contribution in [1.29, 1.82) is 0 Å². The number of aldehydes is 1. The molecule has 0 atom stereocenters. The van der Waals surface area contributed by atoms with Crippen molar-refractivity contribution in [2.75, 3.05) is 13.2 Å². The second kappa shape index (κ2) is 5.54. The lowest BCUT2D eigenvalue weighted by molar-refractivity contribution is 0.110. The van der Waals surface area contributed by atoms with Crippen LogP contribution in [0, 0.1) is 0 Å². The Balaban J connectivity index is 2.47. The Morgan fingerprint density at radius 2 is 2.33 bits per heavy atom. The molecule has 1 heterocycles. The fourth-order valence-electron chi connectivity index (χ4n) is 1.81. The van der Waals surface area contributed by atoms with E-state index >= 15 is 0 Å². The lowest BCUT2D eigenvalue weighted by Crippen LogP contribution is -2.10. The second-order valence-electron chi connectivity index (χ2n) is 3.80. The van der Waals surface area contributed by atoms with E-state index in [2.05, 4.69) is 4.98 Å². The first-order chi connectivity index (χ1) is 8.67. The summed E-state index contributed by atoms with van der Waals surface area (Å²) in [5.74, 6) is 0.353. The first-order valence-corrected chi connectivity index (χ1v) is 6.03. The third kappa shape index (κ3) is 2.42. The van der Waals surface area contributed by atoms with Crippen molar-refractivity contribution in [3.8, 4) is 0 Å². The third-order valence-corrected chi connectivity index (χ3v) is 2.99. The molecule has 0 aliphatic heterocycles. The normalized spacial score (nSPS) is 11.0. The molecule has 0 aliphatic carbocycles. The molecule has 0 N–H and O–H groups in total. The van der Waals surface area contributed by atoms with Crippen molar-refractivity contribution in [1.82, 2.24) is 9.55 Å². The molecule has 1 aromatic carbocycles. The molecule has 4 nitrogen and oxygen atoms in total. The van der Waals surface area contributed by atoms with E-state index in [0.717, 1.165) is 11.8 Å². The summed E-state index contributed by atoms with van der Waals surface area (Å²) in [6.07, 6.45) is 0.718. The van der Waals surface area contributed by atoms with Crippen LogP contribution in [-0.4, -0.2) is 36.9 Å². The quantitative estimate of drug-likeness (QED) is 0.464. The molecule has 0 aliphatic rings. The Kier molecular flexibility index (Phi) is 4.04. The smallest absolute Gasteiger partial charge is 0.185 e. The van der Waals surface area contributed by atoms with Gasteiger partial charge in [-0.1, -0.05) is 17.1 Å². The van der Waals surface area contributed by atoms with Crippen LogP contribution in [0.15, 0.2) is 12.1 Å². The van der Waals surface area contributed by atoms with Crippen molar-refractivity contribution in [2.45, 2.75) is 13.5 Å². The Labute approximate surface area is 111 Å². The summed E-state index contributed by atoms with van der Waals surface area (Å²) in [6.45, 7) is 3.63. The molecule has 0 unspecified atom stereocenters. The number of nitrogens with zero attached hydrogens (tertiary/aromatic N) is 2. The molecule has 2 rings (SSSR count). The van der Waals surface area contributed by atoms with E-state index < -0.39 is 0 Å². The van der Waals surface area contributed by atoms with Crippen molar-refractivity contribution >= 4 is 42.2 Å². The van der Waals surface area contributed by atoms with Gasteiger partial charge in [0.05, 0.1) is 17.6 Å². The Bertz CT molecular complexity index is 583. The maximum atomic E-state index is 11.0. The lowest BCUT2D eigenvalue weighted by atomic mass is 9.96. The van der Waals surface area contributed by atoms with Crippen molar-refractivity contribution < 1.29 is 9.53 Å². The molecule has 2 aromatic rings. The van der Waals surface area contributed by atoms with Gasteiger partial charge in [0.1, 0.15) is 7.85 Å². The topological polar surface area (TPSA) is 44.1 Å². The van der Waals surface area contributed by atoms with E-state index in [-0.39, 0.29) is 0 Å². The summed E-state index contributed by atoms with van der Waals surface area (Å²) in [7, 11) is 5.77. The Morgan fingerprint density at radius 3 is 3.00 bits per heavy atom. The van der Waals surface area contributed by atoms with E-state index in [1.807, 2.05) is 6.92 Å². The van der Waals surface area contributed by atoms with Gasteiger partial charge in [0.25, 0.3) is 0 Å². The number of rotatable bonds is 5. The third-order valence-electron chi connectivity index (χ3n) is 2.66. The van der Waals surface area contributed by atoms with Gasteiger partial charge in [-0.3, -0.25) is 4.79 Å². The first kappa shape index (κ1) is 13.1. The summed E-state index contributed by atoms with van der Waals surface area (Å²) in [5, 5.41) is 0.439. The van der Waals surface area contributed by atoms with E-state index in [4.69, 9.17) is 24.2 Å². The summed E-state index contributed by atoms with van der Waals surface area (Å²) in [6, 6.07) is 3.39. The van der Waals surface area contributed by atoms with Crippen molar-refractivity contribution in [3.63, 3.8) is 0 Å². The van der Waals surface area contributed by atoms with Gasteiger partial charge in [0.15, 0.2) is 12.1 Å². The molecule has 0 saturated carbocycles. The molecular formula is C12H12BClN2O2. The lowest BCUT2D eigenvalue weighted by Gasteiger charge is -2.07. The minimum Gasteiger partial charge on any atom is -0.380 e. The number of ether oxygens (including phenoxy) is 1. The highest BCUT2D eigenvalue weighted by molar-refractivity contribution is 6.45. The number of carbonyl (C=O) groups is 1. The summed E-state index contributed by atoms with van der Waals surface area (Å²) in [5.41, 5.74) is 1.92. The highest BCUT2D eigenvalue weighted by atomic mass is 35.5. The molecule has 1 aromatic heterocycles. The van der Waals surface area contributed by atoms with E-state index in [1.165, 1.54) is 0 Å². The maximum Gasteiger partial charge on any atom is 0.185 e. The molecule has 0 amide bonds. The predicted molar refractivity (Wildman–Crippen MR) is 72.0 cm³/mol. The fraction of sp³-hybridized carbons (Fsp3) is 0.333. The van der Waals surface area contributed by atoms with Crippen LogP contribution in [0.2, 0.25) is 5.02 Å². The van der Waals surface area contributed by atoms with E-state index in [1.54, 1.807) is 16.7 Å². The monoisotopic (exact) mass is 262 g/mol. The summed E-state index contributed by atoms with van der Waals surface area (Å²) < 4.78 is 7.07. The van der Waals surface area contributed by atoms with Gasteiger partial charge in [-0.15, -0.1) is 0 Å². The minimum absolute atomic E-state index is 0.353. The van der Waals surface area contributed by atoms with Crippen LogP contribution in [0.25, 0.3) is 11.0 Å². The second-order valence-corrected chi connectivity index (χ2v) is 4.21. The summed E-state index contributed by atoms with van der Waals surface area (Å²) >= 11 is 5.93. The average Bonchev–Trinajstić information content (AvgIpc) is 2.68. The van der Waals surface area contributed by atoms with Crippen molar-refractivity contribution in [3.05, 3.63) is 23.0 Å².